The van der Waals surface area contributed by atoms with Gasteiger partial charge < -0.3 is 14.9 Å². The van der Waals surface area contributed by atoms with Crippen molar-refractivity contribution in [1.29, 1.82) is 0 Å². The summed E-state index contributed by atoms with van der Waals surface area (Å²) in [6.07, 6.45) is 2.34. The lowest BCUT2D eigenvalue weighted by molar-refractivity contribution is -0.154. The van der Waals surface area contributed by atoms with E-state index in [1.807, 2.05) is 18.2 Å². The zero-order valence-corrected chi connectivity index (χ0v) is 17.4. The van der Waals surface area contributed by atoms with Crippen molar-refractivity contribution in [3.63, 3.8) is 0 Å². The minimum Gasteiger partial charge on any atom is -0.481 e. The van der Waals surface area contributed by atoms with Crippen molar-refractivity contribution in [2.24, 2.45) is 11.3 Å². The monoisotopic (exact) mass is 402 g/mol. The van der Waals surface area contributed by atoms with Gasteiger partial charge in [0.25, 0.3) is 0 Å². The van der Waals surface area contributed by atoms with Gasteiger partial charge in [-0.05, 0) is 54.7 Å². The zero-order chi connectivity index (χ0) is 21.4. The smallest absolute Gasteiger partial charge is 0.306 e. The van der Waals surface area contributed by atoms with Gasteiger partial charge in [-0.15, -0.1) is 0 Å². The molecule has 1 saturated carbocycles. The second-order valence-electron chi connectivity index (χ2n) is 9.14. The molecule has 1 aromatic carbocycles. The highest BCUT2D eigenvalue weighted by molar-refractivity contribution is 5.94. The summed E-state index contributed by atoms with van der Waals surface area (Å²) in [7, 11) is 0. The Morgan fingerprint density at radius 1 is 1.17 bits per heavy atom. The van der Waals surface area contributed by atoms with Crippen LogP contribution in [0, 0.1) is 11.3 Å². The number of hydrogen-bond donors (Lipinski definition) is 2. The summed E-state index contributed by atoms with van der Waals surface area (Å²) < 4.78 is 5.47. The number of carboxylic acids is 1. The average Bonchev–Trinajstić information content (AvgIpc) is 2.66. The molecule has 2 N–H and O–H groups in total. The van der Waals surface area contributed by atoms with Crippen molar-refractivity contribution in [3.05, 3.63) is 34.9 Å². The first kappa shape index (κ1) is 21.5. The van der Waals surface area contributed by atoms with Crippen molar-refractivity contribution < 1.29 is 29.3 Å². The van der Waals surface area contributed by atoms with Gasteiger partial charge in [0, 0.05) is 11.0 Å². The molecule has 0 amide bonds. The molecule has 0 aliphatic heterocycles. The van der Waals surface area contributed by atoms with Gasteiger partial charge in [-0.3, -0.25) is 14.4 Å². The fourth-order valence-electron chi connectivity index (χ4n) is 5.47. The maximum Gasteiger partial charge on any atom is 0.306 e. The molecular formula is C23H30O6. The normalized spacial score (nSPS) is 30.8. The third-order valence-electron chi connectivity index (χ3n) is 7.05. The van der Waals surface area contributed by atoms with Crippen LogP contribution in [0.4, 0.5) is 0 Å². The van der Waals surface area contributed by atoms with Crippen molar-refractivity contribution >= 4 is 17.7 Å². The van der Waals surface area contributed by atoms with E-state index in [4.69, 9.17) is 9.84 Å². The zero-order valence-electron chi connectivity index (χ0n) is 17.4. The van der Waals surface area contributed by atoms with Gasteiger partial charge in [-0.2, -0.15) is 0 Å². The summed E-state index contributed by atoms with van der Waals surface area (Å²) in [5, 5.41) is 19.6. The molecule has 2 aliphatic carbocycles. The van der Waals surface area contributed by atoms with E-state index in [1.165, 1.54) is 6.92 Å². The van der Waals surface area contributed by atoms with Crippen LogP contribution < -0.4 is 0 Å². The molecule has 2 aliphatic rings. The molecule has 158 valence electrons. The molecule has 6 nitrogen and oxygen atoms in total. The molecule has 0 radical (unpaired) electrons. The number of esters is 1. The highest BCUT2D eigenvalue weighted by Gasteiger charge is 2.54. The molecule has 3 rings (SSSR count). The molecule has 4 unspecified atom stereocenters. The van der Waals surface area contributed by atoms with Crippen LogP contribution in [0.1, 0.15) is 86.9 Å². The van der Waals surface area contributed by atoms with Gasteiger partial charge in [0.1, 0.15) is 0 Å². The maximum absolute atomic E-state index is 12.0. The number of carbonyl (C=O) groups is 3. The second-order valence-corrected chi connectivity index (χ2v) is 9.14. The molecule has 4 atom stereocenters. The van der Waals surface area contributed by atoms with E-state index in [2.05, 4.69) is 13.8 Å². The molecule has 29 heavy (non-hydrogen) atoms. The van der Waals surface area contributed by atoms with Crippen molar-refractivity contribution in [2.45, 2.75) is 70.8 Å². The van der Waals surface area contributed by atoms with E-state index < -0.39 is 18.0 Å². The number of carbonyl (C=O) groups excluding carboxylic acids is 2. The predicted molar refractivity (Wildman–Crippen MR) is 107 cm³/mol. The average molecular weight is 402 g/mol. The van der Waals surface area contributed by atoms with Gasteiger partial charge in [0.05, 0.1) is 25.6 Å². The number of rotatable bonds is 6. The molecule has 1 aromatic rings. The van der Waals surface area contributed by atoms with Gasteiger partial charge in [-0.25, -0.2) is 0 Å². The van der Waals surface area contributed by atoms with E-state index in [0.29, 0.717) is 12.0 Å². The Morgan fingerprint density at radius 3 is 2.55 bits per heavy atom. The van der Waals surface area contributed by atoms with Crippen LogP contribution in [-0.2, 0) is 19.7 Å². The van der Waals surface area contributed by atoms with E-state index in [-0.39, 0.29) is 42.0 Å². The minimum atomic E-state index is -1.02. The molecule has 1 fully saturated rings. The first-order chi connectivity index (χ1) is 13.6. The number of fused-ring (bicyclic) bond motifs is 3. The number of benzene rings is 1. The first-order valence-electron chi connectivity index (χ1n) is 10.3. The fraction of sp³-hybridized carbons (Fsp3) is 0.609. The van der Waals surface area contributed by atoms with Crippen LogP contribution in [0.25, 0.3) is 0 Å². The standard InChI is InChI=1S/C23H30O6/c1-14(24)15-5-6-17-16(11-15)18(25)12-19-22(2,9-4-10-23(17,19)3)13-29-21(28)8-7-20(26)27/h5-6,11,18-19,25H,4,7-10,12-13H2,1-3H3,(H,26,27). The Balaban J connectivity index is 1.85. The Morgan fingerprint density at radius 2 is 1.90 bits per heavy atom. The number of ketones is 1. The van der Waals surface area contributed by atoms with Crippen LogP contribution in [0.2, 0.25) is 0 Å². The van der Waals surface area contributed by atoms with Crippen LogP contribution in [0.3, 0.4) is 0 Å². The molecule has 6 heteroatoms. The lowest BCUT2D eigenvalue weighted by Crippen LogP contribution is -2.51. The third kappa shape index (κ3) is 4.08. The summed E-state index contributed by atoms with van der Waals surface area (Å²) >= 11 is 0. The number of Topliss-reactive ketones (excluding diaryl/α,β-unsaturated/α-hetero) is 1. The predicted octanol–water partition coefficient (Wildman–Crippen LogP) is 3.80. The van der Waals surface area contributed by atoms with Gasteiger partial charge in [0.2, 0.25) is 0 Å². The van der Waals surface area contributed by atoms with E-state index in [0.717, 1.165) is 30.4 Å². The number of hydrogen-bond acceptors (Lipinski definition) is 5. The second kappa shape index (κ2) is 7.90. The molecule has 0 bridgehead atoms. The van der Waals surface area contributed by atoms with Crippen molar-refractivity contribution in [1.82, 2.24) is 0 Å². The summed E-state index contributed by atoms with van der Waals surface area (Å²) in [5.41, 5.74) is 2.04. The fourth-order valence-corrected chi connectivity index (χ4v) is 5.47. The van der Waals surface area contributed by atoms with E-state index in [1.54, 1.807) is 0 Å². The topological polar surface area (TPSA) is 101 Å². The lowest BCUT2D eigenvalue weighted by atomic mass is 9.49. The molecule has 0 spiro atoms. The summed E-state index contributed by atoms with van der Waals surface area (Å²) in [6, 6.07) is 5.63. The van der Waals surface area contributed by atoms with Crippen molar-refractivity contribution in [3.8, 4) is 0 Å². The molecule has 0 heterocycles. The Hall–Kier alpha value is -2.21. The number of aliphatic carboxylic acids is 1. The van der Waals surface area contributed by atoms with E-state index in [9.17, 15) is 19.5 Å². The van der Waals surface area contributed by atoms with Crippen molar-refractivity contribution in [2.75, 3.05) is 6.61 Å². The SMILES string of the molecule is CC(=O)c1ccc2c(c1)C(O)CC1C(C)(COC(=O)CCC(=O)O)CCCC21C. The van der Waals surface area contributed by atoms with Gasteiger partial charge in [0.15, 0.2) is 5.78 Å². The maximum atomic E-state index is 12.0. The summed E-state index contributed by atoms with van der Waals surface area (Å²) in [5.74, 6) is -1.42. The Labute approximate surface area is 171 Å². The number of aliphatic hydroxyl groups is 1. The molecule has 0 saturated heterocycles. The summed E-state index contributed by atoms with van der Waals surface area (Å²) in [4.78, 5) is 34.4. The minimum absolute atomic E-state index is 0.0194. The number of carboxylic acid groups (broad SMARTS) is 1. The van der Waals surface area contributed by atoms with Gasteiger partial charge in [-0.1, -0.05) is 32.4 Å². The first-order valence-corrected chi connectivity index (χ1v) is 10.3. The highest BCUT2D eigenvalue weighted by Crippen LogP contribution is 2.59. The van der Waals surface area contributed by atoms with Gasteiger partial charge >= 0.3 is 11.9 Å². The molecule has 0 aromatic heterocycles. The lowest BCUT2D eigenvalue weighted by Gasteiger charge is -2.56. The number of aliphatic hydroxyl groups excluding tert-OH is 1. The van der Waals surface area contributed by atoms with Crippen LogP contribution in [-0.4, -0.2) is 34.5 Å². The Kier molecular flexibility index (Phi) is 5.86. The highest BCUT2D eigenvalue weighted by atomic mass is 16.5. The third-order valence-corrected chi connectivity index (χ3v) is 7.05. The van der Waals surface area contributed by atoms with Crippen LogP contribution >= 0.6 is 0 Å². The quantitative estimate of drug-likeness (QED) is 0.554. The largest absolute Gasteiger partial charge is 0.481 e. The summed E-state index contributed by atoms with van der Waals surface area (Å²) in [6.45, 7) is 6.05. The van der Waals surface area contributed by atoms with Crippen LogP contribution in [0.5, 0.6) is 0 Å². The Bertz CT molecular complexity index is 831. The van der Waals surface area contributed by atoms with E-state index >= 15 is 0 Å². The molecular weight excluding hydrogens is 372 g/mol. The van der Waals surface area contributed by atoms with Crippen LogP contribution in [0.15, 0.2) is 18.2 Å². The number of ether oxygens (including phenoxy) is 1.